The normalized spacial score (nSPS) is 21.7. The van der Waals surface area contributed by atoms with Crippen molar-refractivity contribution in [2.45, 2.75) is 58.5 Å². The second-order valence-electron chi connectivity index (χ2n) is 5.55. The van der Waals surface area contributed by atoms with Crippen LogP contribution in [-0.4, -0.2) is 34.3 Å². The molecule has 0 unspecified atom stereocenters. The van der Waals surface area contributed by atoms with E-state index in [9.17, 15) is 9.59 Å². The van der Waals surface area contributed by atoms with Crippen LogP contribution in [0, 0.1) is 0 Å². The highest BCUT2D eigenvalue weighted by molar-refractivity contribution is 5.93. The van der Waals surface area contributed by atoms with Crippen molar-refractivity contribution in [3.05, 3.63) is 0 Å². The molecule has 1 saturated heterocycles. The van der Waals surface area contributed by atoms with Gasteiger partial charge < -0.3 is 10.2 Å². The number of rotatable bonds is 2. The number of hydrogen-bond acceptors (Lipinski definition) is 2. The van der Waals surface area contributed by atoms with Crippen LogP contribution in [0.1, 0.15) is 47.5 Å². The van der Waals surface area contributed by atoms with Gasteiger partial charge in [-0.25, -0.2) is 0 Å². The van der Waals surface area contributed by atoms with Crippen LogP contribution >= 0.6 is 0 Å². The average molecular weight is 226 g/mol. The monoisotopic (exact) mass is 226 g/mol. The fraction of sp³-hybridized carbons (Fsp3) is 0.833. The largest absolute Gasteiger partial charge is 0.342 e. The molecule has 4 nitrogen and oxygen atoms in total. The molecule has 0 aliphatic carbocycles. The second kappa shape index (κ2) is 4.07. The van der Waals surface area contributed by atoms with E-state index in [1.54, 1.807) is 13.8 Å². The highest BCUT2D eigenvalue weighted by Gasteiger charge is 2.41. The summed E-state index contributed by atoms with van der Waals surface area (Å²) in [4.78, 5) is 25.7. The maximum Gasteiger partial charge on any atom is 0.248 e. The minimum absolute atomic E-state index is 0.00481. The maximum atomic E-state index is 12.3. The Hall–Kier alpha value is -1.06. The second-order valence-corrected chi connectivity index (χ2v) is 5.55. The molecule has 0 radical (unpaired) electrons. The molecule has 1 N–H and O–H groups in total. The van der Waals surface area contributed by atoms with Crippen LogP contribution in [0.3, 0.4) is 0 Å². The molecule has 0 aromatic carbocycles. The molecular formula is C12H22N2O2. The Morgan fingerprint density at radius 1 is 1.38 bits per heavy atom. The summed E-state index contributed by atoms with van der Waals surface area (Å²) in [6.07, 6.45) is 1.27. The van der Waals surface area contributed by atoms with Crippen molar-refractivity contribution in [3.63, 3.8) is 0 Å². The lowest BCUT2D eigenvalue weighted by atomic mass is 9.95. The summed E-state index contributed by atoms with van der Waals surface area (Å²) in [6, 6.07) is 0. The van der Waals surface area contributed by atoms with Crippen LogP contribution in [0.15, 0.2) is 0 Å². The standard InChI is InChI=1S/C12H22N2O2/c1-6-11(2,3)14-8-7-9(15)13-12(4,5)10(14)16/h6-8H2,1-5H3,(H,13,15). The molecule has 0 saturated carbocycles. The fourth-order valence-electron chi connectivity index (χ4n) is 1.89. The van der Waals surface area contributed by atoms with E-state index in [0.29, 0.717) is 13.0 Å². The Labute approximate surface area is 97.4 Å². The van der Waals surface area contributed by atoms with Gasteiger partial charge >= 0.3 is 0 Å². The molecule has 0 aromatic rings. The van der Waals surface area contributed by atoms with Crippen molar-refractivity contribution in [1.29, 1.82) is 0 Å². The molecule has 16 heavy (non-hydrogen) atoms. The van der Waals surface area contributed by atoms with Crippen molar-refractivity contribution in [2.24, 2.45) is 0 Å². The van der Waals surface area contributed by atoms with Crippen LogP contribution in [0.25, 0.3) is 0 Å². The highest BCUT2D eigenvalue weighted by Crippen LogP contribution is 2.24. The average Bonchev–Trinajstić information content (AvgIpc) is 2.25. The summed E-state index contributed by atoms with van der Waals surface area (Å²) in [6.45, 7) is 10.2. The topological polar surface area (TPSA) is 49.4 Å². The van der Waals surface area contributed by atoms with E-state index in [0.717, 1.165) is 6.42 Å². The van der Waals surface area contributed by atoms with Crippen molar-refractivity contribution in [2.75, 3.05) is 6.54 Å². The lowest BCUT2D eigenvalue weighted by Crippen LogP contribution is -2.57. The molecule has 1 aliphatic rings. The van der Waals surface area contributed by atoms with Crippen LogP contribution in [-0.2, 0) is 9.59 Å². The van der Waals surface area contributed by atoms with Crippen molar-refractivity contribution < 1.29 is 9.59 Å². The van der Waals surface area contributed by atoms with E-state index in [-0.39, 0.29) is 17.4 Å². The quantitative estimate of drug-likeness (QED) is 0.771. The first-order valence-corrected chi connectivity index (χ1v) is 5.84. The van der Waals surface area contributed by atoms with E-state index in [2.05, 4.69) is 12.2 Å². The number of nitrogens with one attached hydrogen (secondary N) is 1. The van der Waals surface area contributed by atoms with Crippen molar-refractivity contribution in [1.82, 2.24) is 10.2 Å². The Bertz CT molecular complexity index is 308. The summed E-state index contributed by atoms with van der Waals surface area (Å²) >= 11 is 0. The van der Waals surface area contributed by atoms with Gasteiger partial charge in [0.2, 0.25) is 11.8 Å². The number of amides is 2. The summed E-state index contributed by atoms with van der Waals surface area (Å²) in [5.41, 5.74) is -0.985. The molecule has 1 fully saturated rings. The molecule has 1 aliphatic heterocycles. The van der Waals surface area contributed by atoms with Crippen molar-refractivity contribution >= 4 is 11.8 Å². The molecule has 1 rings (SSSR count). The van der Waals surface area contributed by atoms with Gasteiger partial charge in [-0.2, -0.15) is 0 Å². The lowest BCUT2D eigenvalue weighted by molar-refractivity contribution is -0.142. The molecule has 92 valence electrons. The van der Waals surface area contributed by atoms with Gasteiger partial charge in [0, 0.05) is 18.5 Å². The van der Waals surface area contributed by atoms with Gasteiger partial charge in [-0.3, -0.25) is 9.59 Å². The van der Waals surface area contributed by atoms with E-state index in [1.165, 1.54) is 0 Å². The minimum atomic E-state index is -0.792. The number of carbonyl (C=O) groups excluding carboxylic acids is 2. The summed E-state index contributed by atoms with van der Waals surface area (Å²) in [7, 11) is 0. The molecule has 2 amide bonds. The third kappa shape index (κ3) is 2.36. The first-order valence-electron chi connectivity index (χ1n) is 5.84. The molecular weight excluding hydrogens is 204 g/mol. The third-order valence-electron chi connectivity index (χ3n) is 3.39. The molecule has 0 atom stereocenters. The summed E-state index contributed by atoms with van der Waals surface area (Å²) in [5.74, 6) is -0.0436. The van der Waals surface area contributed by atoms with Gasteiger partial charge in [-0.15, -0.1) is 0 Å². The summed E-state index contributed by atoms with van der Waals surface area (Å²) in [5, 5.41) is 2.76. The smallest absolute Gasteiger partial charge is 0.248 e. The Kier molecular flexibility index (Phi) is 3.31. The van der Waals surface area contributed by atoms with Crippen LogP contribution in [0.5, 0.6) is 0 Å². The number of carbonyl (C=O) groups is 2. The van der Waals surface area contributed by atoms with Gasteiger partial charge in [0.1, 0.15) is 5.54 Å². The first-order chi connectivity index (χ1) is 7.20. The Morgan fingerprint density at radius 3 is 2.44 bits per heavy atom. The molecule has 4 heteroatoms. The molecule has 0 spiro atoms. The van der Waals surface area contributed by atoms with Crippen molar-refractivity contribution in [3.8, 4) is 0 Å². The van der Waals surface area contributed by atoms with Crippen LogP contribution in [0.2, 0.25) is 0 Å². The number of hydrogen-bond donors (Lipinski definition) is 1. The van der Waals surface area contributed by atoms with Gasteiger partial charge in [0.25, 0.3) is 0 Å². The lowest BCUT2D eigenvalue weighted by Gasteiger charge is -2.40. The zero-order valence-corrected chi connectivity index (χ0v) is 10.9. The number of nitrogens with zero attached hydrogens (tertiary/aromatic N) is 1. The molecule has 0 aromatic heterocycles. The predicted molar refractivity (Wildman–Crippen MR) is 62.9 cm³/mol. The fourth-order valence-corrected chi connectivity index (χ4v) is 1.89. The van der Waals surface area contributed by atoms with Gasteiger partial charge in [0.05, 0.1) is 0 Å². The van der Waals surface area contributed by atoms with Gasteiger partial charge in [0.15, 0.2) is 0 Å². The van der Waals surface area contributed by atoms with Crippen LogP contribution in [0.4, 0.5) is 0 Å². The zero-order chi connectivity index (χ0) is 12.6. The summed E-state index contributed by atoms with van der Waals surface area (Å²) < 4.78 is 0. The minimum Gasteiger partial charge on any atom is -0.342 e. The Morgan fingerprint density at radius 2 is 1.94 bits per heavy atom. The zero-order valence-electron chi connectivity index (χ0n) is 10.9. The Balaban J connectivity index is 3.03. The maximum absolute atomic E-state index is 12.3. The predicted octanol–water partition coefficient (Wildman–Crippen LogP) is 1.30. The van der Waals surface area contributed by atoms with E-state index >= 15 is 0 Å². The van der Waals surface area contributed by atoms with Gasteiger partial charge in [-0.05, 0) is 34.1 Å². The van der Waals surface area contributed by atoms with E-state index in [1.807, 2.05) is 18.7 Å². The molecule has 1 heterocycles. The van der Waals surface area contributed by atoms with Crippen LogP contribution < -0.4 is 5.32 Å². The third-order valence-corrected chi connectivity index (χ3v) is 3.39. The highest BCUT2D eigenvalue weighted by atomic mass is 16.2. The SMILES string of the molecule is CCC(C)(C)N1CCC(=O)NC(C)(C)C1=O. The first kappa shape index (κ1) is 13.0. The molecule has 0 bridgehead atoms. The van der Waals surface area contributed by atoms with E-state index < -0.39 is 5.54 Å². The van der Waals surface area contributed by atoms with Gasteiger partial charge in [-0.1, -0.05) is 6.92 Å². The van der Waals surface area contributed by atoms with E-state index in [4.69, 9.17) is 0 Å².